The first-order valence-corrected chi connectivity index (χ1v) is 5.28. The molecule has 3 heteroatoms. The Labute approximate surface area is 87.5 Å². The van der Waals surface area contributed by atoms with E-state index in [0.29, 0.717) is 13.2 Å². The minimum absolute atomic E-state index is 0.115. The van der Waals surface area contributed by atoms with Gasteiger partial charge >= 0.3 is 0 Å². The lowest BCUT2D eigenvalue weighted by atomic mass is 10.3. The number of hydrogen-bond donors (Lipinski definition) is 1. The minimum Gasteiger partial charge on any atom is -0.352 e. The van der Waals surface area contributed by atoms with Crippen LogP contribution in [0.2, 0.25) is 0 Å². The molecule has 0 saturated carbocycles. The van der Waals surface area contributed by atoms with Gasteiger partial charge in [-0.2, -0.15) is 0 Å². The van der Waals surface area contributed by atoms with Crippen LogP contribution in [0.5, 0.6) is 0 Å². The largest absolute Gasteiger partial charge is 0.352 e. The predicted octanol–water partition coefficient (Wildman–Crippen LogP) is 1.94. The van der Waals surface area contributed by atoms with E-state index in [9.17, 15) is 0 Å². The molecule has 0 spiro atoms. The summed E-state index contributed by atoms with van der Waals surface area (Å²) in [5.74, 6) is 0. The molecule has 0 aromatic rings. The summed E-state index contributed by atoms with van der Waals surface area (Å²) < 4.78 is 10.8. The first kappa shape index (κ1) is 13.6. The first-order chi connectivity index (χ1) is 6.70. The van der Waals surface area contributed by atoms with E-state index >= 15 is 0 Å². The molecule has 0 aromatic heterocycles. The van der Waals surface area contributed by atoms with Crippen LogP contribution in [-0.4, -0.2) is 32.6 Å². The molecule has 84 valence electrons. The highest BCUT2D eigenvalue weighted by Gasteiger charge is 2.05. The second kappa shape index (κ2) is 9.19. The highest BCUT2D eigenvalue weighted by atomic mass is 16.7. The summed E-state index contributed by atoms with van der Waals surface area (Å²) in [6.45, 7) is 11.1. The molecule has 0 heterocycles. The Morgan fingerprint density at radius 3 is 2.21 bits per heavy atom. The molecule has 0 fully saturated rings. The minimum atomic E-state index is -0.115. The van der Waals surface area contributed by atoms with Gasteiger partial charge in [-0.25, -0.2) is 0 Å². The fourth-order valence-corrected chi connectivity index (χ4v) is 1.02. The van der Waals surface area contributed by atoms with Crippen LogP contribution in [0, 0.1) is 0 Å². The maximum absolute atomic E-state index is 5.38. The number of nitrogens with one attached hydrogen (secondary N) is 1. The average molecular weight is 201 g/mol. The summed E-state index contributed by atoms with van der Waals surface area (Å²) >= 11 is 0. The Morgan fingerprint density at radius 1 is 1.21 bits per heavy atom. The topological polar surface area (TPSA) is 30.5 Å². The molecule has 0 unspecified atom stereocenters. The zero-order valence-electron chi connectivity index (χ0n) is 9.80. The molecule has 0 aliphatic heterocycles. The van der Waals surface area contributed by atoms with Crippen LogP contribution >= 0.6 is 0 Å². The van der Waals surface area contributed by atoms with Crippen molar-refractivity contribution in [3.8, 4) is 0 Å². The second-order valence-electron chi connectivity index (χ2n) is 3.28. The first-order valence-electron chi connectivity index (χ1n) is 5.28. The van der Waals surface area contributed by atoms with Crippen molar-refractivity contribution in [3.63, 3.8) is 0 Å². The lowest BCUT2D eigenvalue weighted by Gasteiger charge is -2.16. The molecular formula is C11H23NO2. The molecule has 0 aliphatic carbocycles. The zero-order valence-corrected chi connectivity index (χ0v) is 9.80. The third kappa shape index (κ3) is 8.23. The lowest BCUT2D eigenvalue weighted by Crippen LogP contribution is -2.31. The van der Waals surface area contributed by atoms with E-state index in [-0.39, 0.29) is 6.29 Å². The van der Waals surface area contributed by atoms with Gasteiger partial charge in [0.1, 0.15) is 0 Å². The predicted molar refractivity (Wildman–Crippen MR) is 59.3 cm³/mol. The van der Waals surface area contributed by atoms with E-state index in [1.165, 1.54) is 5.57 Å². The normalized spacial score (nSPS) is 10.6. The van der Waals surface area contributed by atoms with Crippen LogP contribution < -0.4 is 5.32 Å². The van der Waals surface area contributed by atoms with Gasteiger partial charge < -0.3 is 14.8 Å². The van der Waals surface area contributed by atoms with Gasteiger partial charge in [-0.15, -0.1) is 0 Å². The molecule has 1 N–H and O–H groups in total. The van der Waals surface area contributed by atoms with Crippen molar-refractivity contribution in [1.82, 2.24) is 5.32 Å². The van der Waals surface area contributed by atoms with E-state index in [4.69, 9.17) is 9.47 Å². The number of allylic oxidation sites excluding steroid dienone is 1. The maximum atomic E-state index is 5.38. The summed E-state index contributed by atoms with van der Waals surface area (Å²) in [6, 6.07) is 0. The van der Waals surface area contributed by atoms with Crippen molar-refractivity contribution < 1.29 is 9.47 Å². The third-order valence-electron chi connectivity index (χ3n) is 1.67. The molecule has 0 bridgehead atoms. The Bertz CT molecular complexity index is 147. The summed E-state index contributed by atoms with van der Waals surface area (Å²) in [5.41, 5.74) is 1.32. The number of ether oxygens (including phenoxy) is 2. The van der Waals surface area contributed by atoms with Crippen molar-refractivity contribution in [2.45, 2.75) is 34.0 Å². The molecule has 3 nitrogen and oxygen atoms in total. The monoisotopic (exact) mass is 201 g/mol. The molecular weight excluding hydrogens is 178 g/mol. The molecule has 0 amide bonds. The Kier molecular flexibility index (Phi) is 8.94. The Balaban J connectivity index is 3.54. The van der Waals surface area contributed by atoms with E-state index in [2.05, 4.69) is 25.2 Å². The van der Waals surface area contributed by atoms with Gasteiger partial charge in [0.05, 0.1) is 0 Å². The van der Waals surface area contributed by atoms with Crippen LogP contribution in [0.4, 0.5) is 0 Å². The van der Waals surface area contributed by atoms with E-state index < -0.39 is 0 Å². The van der Waals surface area contributed by atoms with Crippen molar-refractivity contribution >= 4 is 0 Å². The molecule has 0 atom stereocenters. The van der Waals surface area contributed by atoms with Crippen molar-refractivity contribution in [1.29, 1.82) is 0 Å². The van der Waals surface area contributed by atoms with Crippen LogP contribution in [0.15, 0.2) is 11.6 Å². The molecule has 14 heavy (non-hydrogen) atoms. The second-order valence-corrected chi connectivity index (χ2v) is 3.28. The molecule has 0 aliphatic rings. The molecule has 0 rings (SSSR count). The van der Waals surface area contributed by atoms with Crippen molar-refractivity contribution in [2.75, 3.05) is 26.3 Å². The standard InChI is InChI=1S/C11H23NO2/c1-5-13-11(14-6-2)9-12-8-7-10(3)4/h7,11-12H,5-6,8-9H2,1-4H3. The molecule has 0 aromatic carbocycles. The summed E-state index contributed by atoms with van der Waals surface area (Å²) in [5, 5.41) is 3.26. The summed E-state index contributed by atoms with van der Waals surface area (Å²) in [6.07, 6.45) is 2.03. The maximum Gasteiger partial charge on any atom is 0.169 e. The number of hydrogen-bond acceptors (Lipinski definition) is 3. The van der Waals surface area contributed by atoms with Gasteiger partial charge in [-0.05, 0) is 27.7 Å². The highest BCUT2D eigenvalue weighted by molar-refractivity contribution is 4.94. The lowest BCUT2D eigenvalue weighted by molar-refractivity contribution is -0.132. The van der Waals surface area contributed by atoms with Gasteiger partial charge in [0.2, 0.25) is 0 Å². The molecule has 0 radical (unpaired) electrons. The van der Waals surface area contributed by atoms with Gasteiger partial charge in [0.25, 0.3) is 0 Å². The summed E-state index contributed by atoms with van der Waals surface area (Å²) in [4.78, 5) is 0. The Hall–Kier alpha value is -0.380. The smallest absolute Gasteiger partial charge is 0.169 e. The fourth-order valence-electron chi connectivity index (χ4n) is 1.02. The average Bonchev–Trinajstić information content (AvgIpc) is 2.12. The zero-order chi connectivity index (χ0) is 10.8. The quantitative estimate of drug-likeness (QED) is 0.370. The third-order valence-corrected chi connectivity index (χ3v) is 1.67. The van der Waals surface area contributed by atoms with E-state index in [1.54, 1.807) is 0 Å². The van der Waals surface area contributed by atoms with Gasteiger partial charge in [-0.3, -0.25) is 0 Å². The SMILES string of the molecule is CCOC(CNCC=C(C)C)OCC. The van der Waals surface area contributed by atoms with Gasteiger partial charge in [0, 0.05) is 26.3 Å². The summed E-state index contributed by atoms with van der Waals surface area (Å²) in [7, 11) is 0. The highest BCUT2D eigenvalue weighted by Crippen LogP contribution is 1.93. The molecule has 0 saturated heterocycles. The fraction of sp³-hybridized carbons (Fsp3) is 0.818. The van der Waals surface area contributed by atoms with Gasteiger partial charge in [0.15, 0.2) is 6.29 Å². The number of rotatable bonds is 8. The van der Waals surface area contributed by atoms with Crippen LogP contribution in [0.25, 0.3) is 0 Å². The van der Waals surface area contributed by atoms with Gasteiger partial charge in [-0.1, -0.05) is 11.6 Å². The Morgan fingerprint density at radius 2 is 1.79 bits per heavy atom. The van der Waals surface area contributed by atoms with Crippen LogP contribution in [0.1, 0.15) is 27.7 Å². The van der Waals surface area contributed by atoms with Crippen LogP contribution in [-0.2, 0) is 9.47 Å². The van der Waals surface area contributed by atoms with Crippen molar-refractivity contribution in [2.24, 2.45) is 0 Å². The van der Waals surface area contributed by atoms with Crippen molar-refractivity contribution in [3.05, 3.63) is 11.6 Å². The van der Waals surface area contributed by atoms with Crippen LogP contribution in [0.3, 0.4) is 0 Å². The van der Waals surface area contributed by atoms with E-state index in [1.807, 2.05) is 13.8 Å². The van der Waals surface area contributed by atoms with E-state index in [0.717, 1.165) is 13.1 Å².